The van der Waals surface area contributed by atoms with Crippen molar-refractivity contribution >= 4 is 5.91 Å². The standard InChI is InChI=1S/C16H15F2NO2/c1-10-7-13(15(18)8-14(10)17)16(21)19(2)9-11-3-5-12(20)6-4-11/h3-8,20H,9H2,1-2H3. The summed E-state index contributed by atoms with van der Waals surface area (Å²) in [5, 5.41) is 9.21. The number of carbonyl (C=O) groups is 1. The molecule has 0 saturated heterocycles. The van der Waals surface area contributed by atoms with Crippen LogP contribution in [0.15, 0.2) is 36.4 Å². The molecule has 0 bridgehead atoms. The molecule has 0 radical (unpaired) electrons. The normalized spacial score (nSPS) is 10.5. The Bertz CT molecular complexity index is 669. The van der Waals surface area contributed by atoms with Gasteiger partial charge >= 0.3 is 0 Å². The molecule has 0 aliphatic rings. The SMILES string of the molecule is Cc1cc(C(=O)N(C)Cc2ccc(O)cc2)c(F)cc1F. The van der Waals surface area contributed by atoms with Crippen molar-refractivity contribution < 1.29 is 18.7 Å². The lowest BCUT2D eigenvalue weighted by Gasteiger charge is -2.18. The van der Waals surface area contributed by atoms with Crippen molar-refractivity contribution in [1.29, 1.82) is 0 Å². The number of rotatable bonds is 3. The van der Waals surface area contributed by atoms with Crippen molar-refractivity contribution in [3.05, 3.63) is 64.7 Å². The Morgan fingerprint density at radius 3 is 2.38 bits per heavy atom. The van der Waals surface area contributed by atoms with Crippen molar-refractivity contribution in [2.75, 3.05) is 7.05 Å². The maximum atomic E-state index is 13.7. The van der Waals surface area contributed by atoms with E-state index in [4.69, 9.17) is 0 Å². The number of phenols is 1. The Hall–Kier alpha value is -2.43. The van der Waals surface area contributed by atoms with Gasteiger partial charge in [0.2, 0.25) is 0 Å². The van der Waals surface area contributed by atoms with Gasteiger partial charge in [-0.1, -0.05) is 12.1 Å². The number of carbonyl (C=O) groups excluding carboxylic acids is 1. The van der Waals surface area contributed by atoms with Gasteiger partial charge in [-0.2, -0.15) is 0 Å². The van der Waals surface area contributed by atoms with E-state index in [1.165, 1.54) is 37.1 Å². The van der Waals surface area contributed by atoms with Gasteiger partial charge in [-0.05, 0) is 36.2 Å². The number of aryl methyl sites for hydroxylation is 1. The molecular weight excluding hydrogens is 276 g/mol. The fourth-order valence-electron chi connectivity index (χ4n) is 1.97. The highest BCUT2D eigenvalue weighted by atomic mass is 19.1. The van der Waals surface area contributed by atoms with Crippen LogP contribution in [0.2, 0.25) is 0 Å². The quantitative estimate of drug-likeness (QED) is 0.943. The molecule has 110 valence electrons. The zero-order chi connectivity index (χ0) is 15.6. The molecule has 2 aromatic rings. The van der Waals surface area contributed by atoms with Gasteiger partial charge < -0.3 is 10.0 Å². The summed E-state index contributed by atoms with van der Waals surface area (Å²) < 4.78 is 26.9. The van der Waals surface area contributed by atoms with E-state index in [0.29, 0.717) is 0 Å². The van der Waals surface area contributed by atoms with Gasteiger partial charge in [0.1, 0.15) is 17.4 Å². The molecule has 0 unspecified atom stereocenters. The van der Waals surface area contributed by atoms with E-state index in [1.807, 2.05) is 0 Å². The minimum absolute atomic E-state index is 0.132. The monoisotopic (exact) mass is 291 g/mol. The zero-order valence-electron chi connectivity index (χ0n) is 11.7. The third-order valence-electron chi connectivity index (χ3n) is 3.18. The third-order valence-corrected chi connectivity index (χ3v) is 3.18. The van der Waals surface area contributed by atoms with E-state index in [1.54, 1.807) is 12.1 Å². The lowest BCUT2D eigenvalue weighted by molar-refractivity contribution is 0.0780. The van der Waals surface area contributed by atoms with E-state index in [0.717, 1.165) is 11.6 Å². The fourth-order valence-corrected chi connectivity index (χ4v) is 1.97. The summed E-state index contributed by atoms with van der Waals surface area (Å²) in [6.45, 7) is 1.74. The molecule has 5 heteroatoms. The van der Waals surface area contributed by atoms with Crippen LogP contribution in [0.25, 0.3) is 0 Å². The van der Waals surface area contributed by atoms with Crippen molar-refractivity contribution in [2.45, 2.75) is 13.5 Å². The molecular formula is C16H15F2NO2. The number of amides is 1. The number of nitrogens with zero attached hydrogens (tertiary/aromatic N) is 1. The highest BCUT2D eigenvalue weighted by Gasteiger charge is 2.18. The molecule has 2 rings (SSSR count). The second-order valence-corrected chi connectivity index (χ2v) is 4.91. The van der Waals surface area contributed by atoms with Crippen LogP contribution in [0.1, 0.15) is 21.5 Å². The highest BCUT2D eigenvalue weighted by Crippen LogP contribution is 2.17. The van der Waals surface area contributed by atoms with Crippen LogP contribution in [0.5, 0.6) is 5.75 Å². The first-order valence-corrected chi connectivity index (χ1v) is 6.37. The Kier molecular flexibility index (Phi) is 4.21. The largest absolute Gasteiger partial charge is 0.508 e. The number of halogens is 2. The fraction of sp³-hybridized carbons (Fsp3) is 0.188. The van der Waals surface area contributed by atoms with Crippen molar-refractivity contribution in [1.82, 2.24) is 4.90 Å². The van der Waals surface area contributed by atoms with Crippen molar-refractivity contribution in [3.63, 3.8) is 0 Å². The van der Waals surface area contributed by atoms with Gasteiger partial charge in [-0.3, -0.25) is 4.79 Å². The molecule has 0 heterocycles. The maximum Gasteiger partial charge on any atom is 0.256 e. The van der Waals surface area contributed by atoms with Crippen LogP contribution in [-0.4, -0.2) is 23.0 Å². The molecule has 1 amide bonds. The van der Waals surface area contributed by atoms with Crippen LogP contribution in [0.4, 0.5) is 8.78 Å². The summed E-state index contributed by atoms with van der Waals surface area (Å²) in [7, 11) is 1.54. The van der Waals surface area contributed by atoms with E-state index in [-0.39, 0.29) is 23.4 Å². The molecule has 2 aromatic carbocycles. The average Bonchev–Trinajstić information content (AvgIpc) is 2.44. The summed E-state index contributed by atoms with van der Waals surface area (Å²) in [5.41, 5.74) is 0.857. The van der Waals surface area contributed by atoms with Gasteiger partial charge in [0.15, 0.2) is 0 Å². The molecule has 0 aliphatic heterocycles. The van der Waals surface area contributed by atoms with Gasteiger partial charge in [-0.25, -0.2) is 8.78 Å². The van der Waals surface area contributed by atoms with Gasteiger partial charge in [0.25, 0.3) is 5.91 Å². The van der Waals surface area contributed by atoms with E-state index >= 15 is 0 Å². The molecule has 21 heavy (non-hydrogen) atoms. The lowest BCUT2D eigenvalue weighted by Crippen LogP contribution is -2.27. The Morgan fingerprint density at radius 1 is 1.14 bits per heavy atom. The van der Waals surface area contributed by atoms with E-state index in [9.17, 15) is 18.7 Å². The molecule has 0 aliphatic carbocycles. The predicted molar refractivity (Wildman–Crippen MR) is 75.0 cm³/mol. The molecule has 3 nitrogen and oxygen atoms in total. The number of phenolic OH excluding ortho intramolecular Hbond substituents is 1. The Morgan fingerprint density at radius 2 is 1.76 bits per heavy atom. The first-order valence-electron chi connectivity index (χ1n) is 6.37. The van der Waals surface area contributed by atoms with Crippen LogP contribution >= 0.6 is 0 Å². The number of hydrogen-bond donors (Lipinski definition) is 1. The predicted octanol–water partition coefficient (Wildman–Crippen LogP) is 3.25. The van der Waals surface area contributed by atoms with Gasteiger partial charge in [-0.15, -0.1) is 0 Å². The van der Waals surface area contributed by atoms with E-state index in [2.05, 4.69) is 0 Å². The molecule has 0 aromatic heterocycles. The van der Waals surface area contributed by atoms with Crippen LogP contribution in [0, 0.1) is 18.6 Å². The number of benzene rings is 2. The summed E-state index contributed by atoms with van der Waals surface area (Å²) in [6.07, 6.45) is 0. The average molecular weight is 291 g/mol. The van der Waals surface area contributed by atoms with Gasteiger partial charge in [0.05, 0.1) is 5.56 Å². The summed E-state index contributed by atoms with van der Waals surface area (Å²) in [4.78, 5) is 13.5. The van der Waals surface area contributed by atoms with Crippen LogP contribution < -0.4 is 0 Å². The maximum absolute atomic E-state index is 13.7. The van der Waals surface area contributed by atoms with Crippen molar-refractivity contribution in [2.24, 2.45) is 0 Å². The zero-order valence-corrected chi connectivity index (χ0v) is 11.7. The number of aromatic hydroxyl groups is 1. The Balaban J connectivity index is 2.19. The second-order valence-electron chi connectivity index (χ2n) is 4.91. The third kappa shape index (κ3) is 3.37. The van der Waals surface area contributed by atoms with Crippen molar-refractivity contribution in [3.8, 4) is 5.75 Å². The summed E-state index contributed by atoms with van der Waals surface area (Å²) in [5.74, 6) is -1.94. The summed E-state index contributed by atoms with van der Waals surface area (Å²) in [6, 6.07) is 8.29. The first-order chi connectivity index (χ1) is 9.88. The molecule has 0 saturated carbocycles. The van der Waals surface area contributed by atoms with Gasteiger partial charge in [0, 0.05) is 19.7 Å². The minimum atomic E-state index is -0.874. The van der Waals surface area contributed by atoms with Crippen LogP contribution in [0.3, 0.4) is 0 Å². The summed E-state index contributed by atoms with van der Waals surface area (Å²) >= 11 is 0. The smallest absolute Gasteiger partial charge is 0.256 e. The first kappa shape index (κ1) is 15.0. The topological polar surface area (TPSA) is 40.5 Å². The molecule has 0 spiro atoms. The Labute approximate surface area is 121 Å². The lowest BCUT2D eigenvalue weighted by atomic mass is 10.1. The van der Waals surface area contributed by atoms with Crippen LogP contribution in [-0.2, 0) is 6.54 Å². The minimum Gasteiger partial charge on any atom is -0.508 e. The highest BCUT2D eigenvalue weighted by molar-refractivity contribution is 5.94. The molecule has 0 atom stereocenters. The molecule has 1 N–H and O–H groups in total. The second kappa shape index (κ2) is 5.91. The van der Waals surface area contributed by atoms with E-state index < -0.39 is 17.5 Å². The molecule has 0 fully saturated rings. The number of hydrogen-bond acceptors (Lipinski definition) is 2.